The van der Waals surface area contributed by atoms with Crippen LogP contribution >= 0.6 is 11.6 Å². The number of pyridine rings is 1. The van der Waals surface area contributed by atoms with Crippen molar-refractivity contribution < 1.29 is 4.79 Å². The fourth-order valence-corrected chi connectivity index (χ4v) is 1.80. The molecule has 0 aliphatic carbocycles. The van der Waals surface area contributed by atoms with Gasteiger partial charge in [-0.1, -0.05) is 11.6 Å². The van der Waals surface area contributed by atoms with Gasteiger partial charge >= 0.3 is 0 Å². The summed E-state index contributed by atoms with van der Waals surface area (Å²) in [4.78, 5) is 16.0. The van der Waals surface area contributed by atoms with Gasteiger partial charge in [0.25, 0.3) is 5.91 Å². The van der Waals surface area contributed by atoms with E-state index in [2.05, 4.69) is 20.8 Å². The first-order valence-electron chi connectivity index (χ1n) is 5.99. The van der Waals surface area contributed by atoms with Crippen LogP contribution in [-0.2, 0) is 0 Å². The number of hydrazine groups is 1. The molecule has 0 atom stereocenters. The molecule has 20 heavy (non-hydrogen) atoms. The molecule has 0 aromatic carbocycles. The summed E-state index contributed by atoms with van der Waals surface area (Å²) in [6.45, 7) is 4.00. The van der Waals surface area contributed by atoms with E-state index < -0.39 is 0 Å². The van der Waals surface area contributed by atoms with E-state index in [-0.39, 0.29) is 17.1 Å². The zero-order valence-electron chi connectivity index (χ0n) is 11.1. The zero-order chi connectivity index (χ0) is 14.7. The van der Waals surface area contributed by atoms with Crippen LogP contribution in [0, 0.1) is 0 Å². The Bertz CT molecular complexity index is 624. The number of rotatable bonds is 4. The quantitative estimate of drug-likeness (QED) is 0.455. The molecular formula is C12H15ClN6O. The summed E-state index contributed by atoms with van der Waals surface area (Å²) in [7, 11) is 0. The van der Waals surface area contributed by atoms with Gasteiger partial charge in [0.05, 0.1) is 11.9 Å². The lowest BCUT2D eigenvalue weighted by Gasteiger charge is -2.06. The molecule has 2 aromatic rings. The summed E-state index contributed by atoms with van der Waals surface area (Å²) < 4.78 is 1.75. The van der Waals surface area contributed by atoms with Gasteiger partial charge in [0, 0.05) is 17.8 Å². The highest BCUT2D eigenvalue weighted by atomic mass is 35.5. The second-order valence-electron chi connectivity index (χ2n) is 4.47. The minimum Gasteiger partial charge on any atom is -0.319 e. The number of aromatic nitrogens is 3. The van der Waals surface area contributed by atoms with Crippen LogP contribution in [0.2, 0.25) is 5.15 Å². The van der Waals surface area contributed by atoms with E-state index in [9.17, 15) is 4.79 Å². The molecule has 0 aliphatic heterocycles. The second-order valence-corrected chi connectivity index (χ2v) is 4.85. The monoisotopic (exact) mass is 294 g/mol. The third-order valence-corrected chi connectivity index (χ3v) is 2.79. The number of amides is 1. The summed E-state index contributed by atoms with van der Waals surface area (Å²) >= 11 is 5.82. The molecule has 106 valence electrons. The number of nitrogens with two attached hydrogens (primary N) is 1. The van der Waals surface area contributed by atoms with Crippen molar-refractivity contribution in [3.8, 4) is 0 Å². The molecule has 1 amide bonds. The Morgan fingerprint density at radius 1 is 1.45 bits per heavy atom. The first-order valence-corrected chi connectivity index (χ1v) is 6.37. The van der Waals surface area contributed by atoms with Crippen LogP contribution in [0.25, 0.3) is 0 Å². The molecule has 0 saturated heterocycles. The summed E-state index contributed by atoms with van der Waals surface area (Å²) in [5, 5.41) is 7.06. The highest BCUT2D eigenvalue weighted by Crippen LogP contribution is 2.16. The van der Waals surface area contributed by atoms with E-state index in [1.165, 1.54) is 12.1 Å². The van der Waals surface area contributed by atoms with Crippen LogP contribution in [0.4, 0.5) is 11.5 Å². The van der Waals surface area contributed by atoms with Crippen LogP contribution in [-0.4, -0.2) is 20.7 Å². The Morgan fingerprint density at radius 3 is 2.80 bits per heavy atom. The Hall–Kier alpha value is -2.12. The van der Waals surface area contributed by atoms with Crippen molar-refractivity contribution in [1.82, 2.24) is 14.8 Å². The van der Waals surface area contributed by atoms with Crippen molar-refractivity contribution in [2.24, 2.45) is 5.84 Å². The highest BCUT2D eigenvalue weighted by molar-refractivity contribution is 6.30. The fourth-order valence-electron chi connectivity index (χ4n) is 1.59. The highest BCUT2D eigenvalue weighted by Gasteiger charge is 2.11. The molecule has 0 saturated carbocycles. The van der Waals surface area contributed by atoms with Gasteiger partial charge in [-0.2, -0.15) is 5.10 Å². The van der Waals surface area contributed by atoms with E-state index in [0.29, 0.717) is 17.1 Å². The predicted octanol–water partition coefficient (Wildman–Crippen LogP) is 2.05. The molecule has 0 unspecified atom stereocenters. The van der Waals surface area contributed by atoms with E-state index in [1.54, 1.807) is 17.1 Å². The smallest absolute Gasteiger partial charge is 0.255 e. The lowest BCUT2D eigenvalue weighted by atomic mass is 10.2. The number of nitrogens with one attached hydrogen (secondary N) is 2. The maximum absolute atomic E-state index is 12.1. The van der Waals surface area contributed by atoms with Gasteiger partial charge in [-0.25, -0.2) is 10.8 Å². The van der Waals surface area contributed by atoms with Gasteiger partial charge in [-0.3, -0.25) is 9.48 Å². The third-order valence-electron chi connectivity index (χ3n) is 2.59. The van der Waals surface area contributed by atoms with Crippen molar-refractivity contribution in [2.45, 2.75) is 19.9 Å². The third kappa shape index (κ3) is 3.25. The zero-order valence-corrected chi connectivity index (χ0v) is 11.8. The van der Waals surface area contributed by atoms with Gasteiger partial charge in [-0.15, -0.1) is 0 Å². The SMILES string of the molecule is CC(C)n1cc(NC(=O)c2cc(Cl)nc(NN)c2)cn1. The second kappa shape index (κ2) is 5.89. The van der Waals surface area contributed by atoms with Crippen LogP contribution < -0.4 is 16.6 Å². The number of carbonyl (C=O) groups is 1. The van der Waals surface area contributed by atoms with Crippen molar-refractivity contribution in [2.75, 3.05) is 10.7 Å². The van der Waals surface area contributed by atoms with Gasteiger partial charge < -0.3 is 10.7 Å². The molecule has 0 fully saturated rings. The van der Waals surface area contributed by atoms with Gasteiger partial charge in [0.2, 0.25) is 0 Å². The molecule has 8 heteroatoms. The minimum atomic E-state index is -0.311. The molecule has 0 bridgehead atoms. The van der Waals surface area contributed by atoms with Gasteiger partial charge in [0.15, 0.2) is 0 Å². The standard InChI is InChI=1S/C12H15ClN6O/c1-7(2)19-6-9(5-15-19)16-12(20)8-3-10(13)17-11(4-8)18-14/h3-7H,14H2,1-2H3,(H,16,20)(H,17,18). The van der Waals surface area contributed by atoms with Gasteiger partial charge in [-0.05, 0) is 26.0 Å². The molecule has 0 spiro atoms. The van der Waals surface area contributed by atoms with E-state index in [4.69, 9.17) is 17.4 Å². The lowest BCUT2D eigenvalue weighted by molar-refractivity contribution is 0.102. The van der Waals surface area contributed by atoms with Crippen molar-refractivity contribution in [3.05, 3.63) is 35.2 Å². The summed E-state index contributed by atoms with van der Waals surface area (Å²) in [5.41, 5.74) is 3.32. The number of hydrogen-bond donors (Lipinski definition) is 3. The number of anilines is 2. The summed E-state index contributed by atoms with van der Waals surface area (Å²) in [5.74, 6) is 5.27. The molecular weight excluding hydrogens is 280 g/mol. The molecule has 0 radical (unpaired) electrons. The Morgan fingerprint density at radius 2 is 2.20 bits per heavy atom. The van der Waals surface area contributed by atoms with Crippen molar-refractivity contribution >= 4 is 29.0 Å². The number of halogens is 1. The normalized spacial score (nSPS) is 10.7. The molecule has 4 N–H and O–H groups in total. The number of hydrogen-bond acceptors (Lipinski definition) is 5. The predicted molar refractivity (Wildman–Crippen MR) is 77.6 cm³/mol. The van der Waals surface area contributed by atoms with Gasteiger partial charge in [0.1, 0.15) is 11.0 Å². The van der Waals surface area contributed by atoms with E-state index in [1.807, 2.05) is 13.8 Å². The first-order chi connectivity index (χ1) is 9.49. The van der Waals surface area contributed by atoms with Crippen LogP contribution in [0.5, 0.6) is 0 Å². The summed E-state index contributed by atoms with van der Waals surface area (Å²) in [6.07, 6.45) is 3.34. The van der Waals surface area contributed by atoms with E-state index in [0.717, 1.165) is 0 Å². The fraction of sp³-hybridized carbons (Fsp3) is 0.250. The largest absolute Gasteiger partial charge is 0.319 e. The molecule has 2 aromatic heterocycles. The van der Waals surface area contributed by atoms with Crippen molar-refractivity contribution in [1.29, 1.82) is 0 Å². The number of nitrogens with zero attached hydrogens (tertiary/aromatic N) is 3. The average molecular weight is 295 g/mol. The Labute approximate surface area is 121 Å². The maximum atomic E-state index is 12.1. The Balaban J connectivity index is 2.16. The summed E-state index contributed by atoms with van der Waals surface area (Å²) in [6, 6.07) is 3.20. The molecule has 7 nitrogen and oxygen atoms in total. The molecule has 0 aliphatic rings. The topological polar surface area (TPSA) is 97.9 Å². The molecule has 2 heterocycles. The Kier molecular flexibility index (Phi) is 4.21. The van der Waals surface area contributed by atoms with Crippen LogP contribution in [0.15, 0.2) is 24.5 Å². The van der Waals surface area contributed by atoms with E-state index >= 15 is 0 Å². The maximum Gasteiger partial charge on any atom is 0.255 e. The van der Waals surface area contributed by atoms with Crippen LogP contribution in [0.1, 0.15) is 30.2 Å². The number of carbonyl (C=O) groups excluding carboxylic acids is 1. The average Bonchev–Trinajstić information content (AvgIpc) is 2.86. The van der Waals surface area contributed by atoms with Crippen molar-refractivity contribution in [3.63, 3.8) is 0 Å². The number of nitrogen functional groups attached to an aromatic ring is 1. The lowest BCUT2D eigenvalue weighted by Crippen LogP contribution is -2.14. The first kappa shape index (κ1) is 14.3. The minimum absolute atomic E-state index is 0.184. The van der Waals surface area contributed by atoms with Crippen LogP contribution in [0.3, 0.4) is 0 Å². The molecule has 2 rings (SSSR count).